The Morgan fingerprint density at radius 3 is 2.07 bits per heavy atom. The number of benzene rings is 3. The molecule has 0 aliphatic carbocycles. The second kappa shape index (κ2) is 9.63. The van der Waals surface area contributed by atoms with Gasteiger partial charge in [-0.25, -0.2) is 0 Å². The second-order valence-electron chi connectivity index (χ2n) is 8.01. The molecule has 3 aromatic rings. The van der Waals surface area contributed by atoms with Gasteiger partial charge in [-0.2, -0.15) is 0 Å². The predicted molar refractivity (Wildman–Crippen MR) is 125 cm³/mol. The first-order valence-corrected chi connectivity index (χ1v) is 10.8. The summed E-state index contributed by atoms with van der Waals surface area (Å²) in [4.78, 5) is 25.8. The van der Waals surface area contributed by atoms with Crippen molar-refractivity contribution in [1.82, 2.24) is 0 Å². The summed E-state index contributed by atoms with van der Waals surface area (Å²) in [5.74, 6) is 0.0458. The van der Waals surface area contributed by atoms with Crippen LogP contribution in [0.15, 0.2) is 83.8 Å². The predicted octanol–water partition coefficient (Wildman–Crippen LogP) is 5.97. The molecule has 0 aliphatic rings. The summed E-state index contributed by atoms with van der Waals surface area (Å²) in [5.41, 5.74) is 3.09. The van der Waals surface area contributed by atoms with Crippen LogP contribution in [0.3, 0.4) is 0 Å². The summed E-state index contributed by atoms with van der Waals surface area (Å²) in [6.45, 7) is 6.42. The number of carbonyl (C=O) groups excluding carboxylic acids is 2. The van der Waals surface area contributed by atoms with Crippen molar-refractivity contribution in [2.24, 2.45) is 0 Å². The first-order valence-electron chi connectivity index (χ1n) is 9.81. The van der Waals surface area contributed by atoms with E-state index in [4.69, 9.17) is 0 Å². The van der Waals surface area contributed by atoms with E-state index >= 15 is 0 Å². The van der Waals surface area contributed by atoms with E-state index in [-0.39, 0.29) is 17.2 Å². The molecule has 0 bridgehead atoms. The van der Waals surface area contributed by atoms with Crippen LogP contribution in [-0.4, -0.2) is 17.6 Å². The Labute approximate surface area is 182 Å². The maximum atomic E-state index is 12.6. The zero-order chi connectivity index (χ0) is 21.6. The summed E-state index contributed by atoms with van der Waals surface area (Å²) in [5, 5.41) is 5.77. The van der Waals surface area contributed by atoms with E-state index in [1.54, 1.807) is 24.3 Å². The zero-order valence-corrected chi connectivity index (χ0v) is 18.3. The molecular formula is C25H26N2O2S. The van der Waals surface area contributed by atoms with Gasteiger partial charge >= 0.3 is 0 Å². The monoisotopic (exact) mass is 418 g/mol. The van der Waals surface area contributed by atoms with Gasteiger partial charge in [-0.15, -0.1) is 11.8 Å². The summed E-state index contributed by atoms with van der Waals surface area (Å²) >= 11 is 1.48. The molecule has 4 nitrogen and oxygen atoms in total. The fraction of sp³-hybridized carbons (Fsp3) is 0.200. The quantitative estimate of drug-likeness (QED) is 0.485. The zero-order valence-electron chi connectivity index (χ0n) is 17.4. The van der Waals surface area contributed by atoms with Gasteiger partial charge in [0.05, 0.1) is 5.75 Å². The minimum absolute atomic E-state index is 0.0420. The molecule has 0 aliphatic heterocycles. The lowest BCUT2D eigenvalue weighted by Gasteiger charge is -2.19. The van der Waals surface area contributed by atoms with E-state index in [1.807, 2.05) is 54.6 Å². The highest BCUT2D eigenvalue weighted by atomic mass is 32.2. The molecule has 0 unspecified atom stereocenters. The van der Waals surface area contributed by atoms with E-state index in [1.165, 1.54) is 17.3 Å². The molecule has 3 rings (SSSR count). The van der Waals surface area contributed by atoms with Crippen molar-refractivity contribution in [3.8, 4) is 0 Å². The van der Waals surface area contributed by atoms with Crippen LogP contribution in [0.1, 0.15) is 36.7 Å². The smallest absolute Gasteiger partial charge is 0.255 e. The molecule has 0 saturated carbocycles. The Balaban J connectivity index is 1.58. The van der Waals surface area contributed by atoms with Gasteiger partial charge in [-0.1, -0.05) is 57.2 Å². The minimum atomic E-state index is -0.182. The molecule has 0 saturated heterocycles. The maximum absolute atomic E-state index is 12.6. The van der Waals surface area contributed by atoms with Crippen LogP contribution in [0.25, 0.3) is 0 Å². The molecule has 5 heteroatoms. The molecule has 30 heavy (non-hydrogen) atoms. The molecule has 0 aromatic heterocycles. The van der Waals surface area contributed by atoms with Crippen molar-refractivity contribution in [2.45, 2.75) is 31.1 Å². The van der Waals surface area contributed by atoms with Gasteiger partial charge in [0.15, 0.2) is 0 Å². The number of amides is 2. The summed E-state index contributed by atoms with van der Waals surface area (Å²) < 4.78 is 0. The van der Waals surface area contributed by atoms with Gasteiger partial charge in [-0.3, -0.25) is 9.59 Å². The van der Waals surface area contributed by atoms with E-state index < -0.39 is 0 Å². The van der Waals surface area contributed by atoms with Gasteiger partial charge in [0, 0.05) is 21.8 Å². The van der Waals surface area contributed by atoms with Crippen molar-refractivity contribution in [3.05, 3.63) is 90.0 Å². The standard InChI is InChI=1S/C25H26N2O2S/c1-25(2,3)19-14-12-18(13-15-19)24(29)27-21-9-7-8-20(16-21)26-23(28)17-30-22-10-5-4-6-11-22/h4-16H,17H2,1-3H3,(H,26,28)(H,27,29). The Hall–Kier alpha value is -3.05. The topological polar surface area (TPSA) is 58.2 Å². The normalized spacial score (nSPS) is 11.0. The number of hydrogen-bond acceptors (Lipinski definition) is 3. The third-order valence-electron chi connectivity index (χ3n) is 4.53. The van der Waals surface area contributed by atoms with Crippen molar-refractivity contribution in [1.29, 1.82) is 0 Å². The molecular weight excluding hydrogens is 392 g/mol. The van der Waals surface area contributed by atoms with E-state index in [0.717, 1.165) is 4.90 Å². The van der Waals surface area contributed by atoms with Gasteiger partial charge in [0.2, 0.25) is 5.91 Å². The lowest BCUT2D eigenvalue weighted by molar-refractivity contribution is -0.113. The fourth-order valence-electron chi connectivity index (χ4n) is 2.86. The number of hydrogen-bond donors (Lipinski definition) is 2. The number of nitrogens with one attached hydrogen (secondary N) is 2. The summed E-state index contributed by atoms with van der Waals surface area (Å²) in [6.07, 6.45) is 0. The molecule has 0 radical (unpaired) electrons. The molecule has 2 amide bonds. The van der Waals surface area contributed by atoms with Crippen molar-refractivity contribution in [2.75, 3.05) is 16.4 Å². The van der Waals surface area contributed by atoms with Crippen molar-refractivity contribution < 1.29 is 9.59 Å². The van der Waals surface area contributed by atoms with E-state index in [0.29, 0.717) is 22.7 Å². The van der Waals surface area contributed by atoms with Gasteiger partial charge < -0.3 is 10.6 Å². The lowest BCUT2D eigenvalue weighted by Crippen LogP contribution is -2.16. The average Bonchev–Trinajstić information content (AvgIpc) is 2.73. The molecule has 0 fully saturated rings. The maximum Gasteiger partial charge on any atom is 0.255 e. The van der Waals surface area contributed by atoms with Crippen molar-refractivity contribution >= 4 is 35.0 Å². The molecule has 0 heterocycles. The van der Waals surface area contributed by atoms with Crippen LogP contribution in [0, 0.1) is 0 Å². The molecule has 2 N–H and O–H groups in total. The number of thioether (sulfide) groups is 1. The summed E-state index contributed by atoms with van der Waals surface area (Å²) in [7, 11) is 0. The molecule has 0 atom stereocenters. The molecule has 154 valence electrons. The number of carbonyl (C=O) groups is 2. The van der Waals surface area contributed by atoms with Crippen LogP contribution in [0.2, 0.25) is 0 Å². The fourth-order valence-corrected chi connectivity index (χ4v) is 3.58. The third kappa shape index (κ3) is 6.22. The number of rotatable bonds is 6. The SMILES string of the molecule is CC(C)(C)c1ccc(C(=O)Nc2cccc(NC(=O)CSc3ccccc3)c2)cc1. The van der Waals surface area contributed by atoms with E-state index in [2.05, 4.69) is 31.4 Å². The van der Waals surface area contributed by atoms with Crippen LogP contribution >= 0.6 is 11.8 Å². The van der Waals surface area contributed by atoms with E-state index in [9.17, 15) is 9.59 Å². The van der Waals surface area contributed by atoms with Crippen LogP contribution < -0.4 is 10.6 Å². The highest BCUT2D eigenvalue weighted by Gasteiger charge is 2.14. The first-order chi connectivity index (χ1) is 14.3. The van der Waals surface area contributed by atoms with Gasteiger partial charge in [0.25, 0.3) is 5.91 Å². The first kappa shape index (κ1) is 21.7. The minimum Gasteiger partial charge on any atom is -0.325 e. The highest BCUT2D eigenvalue weighted by molar-refractivity contribution is 8.00. The summed E-state index contributed by atoms with van der Waals surface area (Å²) in [6, 6.07) is 24.6. The van der Waals surface area contributed by atoms with Crippen LogP contribution in [-0.2, 0) is 10.2 Å². The highest BCUT2D eigenvalue weighted by Crippen LogP contribution is 2.23. The molecule has 0 spiro atoms. The van der Waals surface area contributed by atoms with Crippen molar-refractivity contribution in [3.63, 3.8) is 0 Å². The Morgan fingerprint density at radius 2 is 1.43 bits per heavy atom. The average molecular weight is 419 g/mol. The third-order valence-corrected chi connectivity index (χ3v) is 5.54. The van der Waals surface area contributed by atoms with Crippen LogP contribution in [0.4, 0.5) is 11.4 Å². The number of anilines is 2. The van der Waals surface area contributed by atoms with Gasteiger partial charge in [0.1, 0.15) is 0 Å². The molecule has 3 aromatic carbocycles. The largest absolute Gasteiger partial charge is 0.325 e. The lowest BCUT2D eigenvalue weighted by atomic mass is 9.87. The van der Waals surface area contributed by atoms with Crippen LogP contribution in [0.5, 0.6) is 0 Å². The Kier molecular flexibility index (Phi) is 6.95. The Morgan fingerprint density at radius 1 is 0.800 bits per heavy atom. The van der Waals surface area contributed by atoms with Gasteiger partial charge in [-0.05, 0) is 53.4 Å². The Bertz CT molecular complexity index is 1010. The second-order valence-corrected chi connectivity index (χ2v) is 9.06.